The number of hydrazone groups is 1. The minimum absolute atomic E-state index is 0.153. The van der Waals surface area contributed by atoms with E-state index in [1.165, 1.54) is 0 Å². The van der Waals surface area contributed by atoms with Crippen molar-refractivity contribution in [2.24, 2.45) is 5.10 Å². The molecule has 0 radical (unpaired) electrons. The van der Waals surface area contributed by atoms with E-state index in [2.05, 4.69) is 22.0 Å². The van der Waals surface area contributed by atoms with Gasteiger partial charge in [0, 0.05) is 17.6 Å². The van der Waals surface area contributed by atoms with Gasteiger partial charge in [-0.2, -0.15) is 5.10 Å². The lowest BCUT2D eigenvalue weighted by Crippen LogP contribution is -2.42. The van der Waals surface area contributed by atoms with Crippen LogP contribution in [0.3, 0.4) is 0 Å². The molecule has 64 valence electrons. The topological polar surface area (TPSA) is 39.7 Å². The molecule has 12 heavy (non-hydrogen) atoms. The number of nitrogens with one attached hydrogen (secondary N) is 2. The molecule has 2 heterocycles. The first-order valence-electron chi connectivity index (χ1n) is 3.97. The lowest BCUT2D eigenvalue weighted by molar-refractivity contribution is 0.231. The Morgan fingerprint density at radius 1 is 1.50 bits per heavy atom. The third kappa shape index (κ3) is 1.05. The zero-order chi connectivity index (χ0) is 8.55. The molecule has 4 nitrogen and oxygen atoms in total. The van der Waals surface area contributed by atoms with Gasteiger partial charge in [0.05, 0.1) is 0 Å². The first-order valence-corrected chi connectivity index (χ1v) is 3.97. The first kappa shape index (κ1) is 7.21. The summed E-state index contributed by atoms with van der Waals surface area (Å²) in [6.07, 6.45) is 5.98. The Morgan fingerprint density at radius 2 is 2.33 bits per heavy atom. The molecule has 0 fully saturated rings. The van der Waals surface area contributed by atoms with Gasteiger partial charge in [0.25, 0.3) is 0 Å². The molecule has 0 aromatic heterocycles. The minimum Gasteiger partial charge on any atom is -0.301 e. The van der Waals surface area contributed by atoms with Crippen LogP contribution >= 0.6 is 0 Å². The molecule has 0 aromatic rings. The minimum atomic E-state index is 0.153. The Labute approximate surface area is 71.6 Å². The van der Waals surface area contributed by atoms with Crippen LogP contribution in [0.2, 0.25) is 0 Å². The Balaban J connectivity index is 2.25. The summed E-state index contributed by atoms with van der Waals surface area (Å²) < 4.78 is 0. The van der Waals surface area contributed by atoms with Crippen LogP contribution in [0.15, 0.2) is 28.6 Å². The van der Waals surface area contributed by atoms with Crippen LogP contribution in [0, 0.1) is 0 Å². The van der Waals surface area contributed by atoms with E-state index in [1.54, 1.807) is 6.21 Å². The predicted octanol–water partition coefficient (Wildman–Crippen LogP) is 0.529. The molecule has 0 saturated carbocycles. The van der Waals surface area contributed by atoms with Gasteiger partial charge in [-0.05, 0) is 26.0 Å². The highest BCUT2D eigenvalue weighted by molar-refractivity contribution is 5.72. The fourth-order valence-electron chi connectivity index (χ4n) is 1.36. The quantitative estimate of drug-likeness (QED) is 0.548. The predicted molar refractivity (Wildman–Crippen MR) is 47.9 cm³/mol. The molecule has 0 spiro atoms. The van der Waals surface area contributed by atoms with E-state index < -0.39 is 0 Å². The Bertz CT molecular complexity index is 277. The average Bonchev–Trinajstić information content (AvgIpc) is 2.33. The molecule has 0 amide bonds. The van der Waals surface area contributed by atoms with Gasteiger partial charge in [-0.25, -0.2) is 0 Å². The molecule has 0 saturated heterocycles. The second-order valence-electron chi connectivity index (χ2n) is 2.99. The molecule has 2 aliphatic rings. The van der Waals surface area contributed by atoms with Gasteiger partial charge in [-0.1, -0.05) is 0 Å². The maximum absolute atomic E-state index is 4.02. The Kier molecular flexibility index (Phi) is 1.53. The molecule has 1 unspecified atom stereocenters. The smallest absolute Gasteiger partial charge is 0.154 e. The lowest BCUT2D eigenvalue weighted by Gasteiger charge is -2.25. The monoisotopic (exact) mass is 164 g/mol. The van der Waals surface area contributed by atoms with Crippen molar-refractivity contribution in [2.45, 2.75) is 20.0 Å². The van der Waals surface area contributed by atoms with Crippen molar-refractivity contribution in [1.29, 1.82) is 0 Å². The van der Waals surface area contributed by atoms with Gasteiger partial charge in [-0.3, -0.25) is 10.4 Å². The van der Waals surface area contributed by atoms with Crippen LogP contribution in [0.4, 0.5) is 0 Å². The summed E-state index contributed by atoms with van der Waals surface area (Å²) >= 11 is 0. The van der Waals surface area contributed by atoms with E-state index in [1.807, 2.05) is 24.9 Å². The second kappa shape index (κ2) is 2.55. The van der Waals surface area contributed by atoms with E-state index in [-0.39, 0.29) is 6.17 Å². The van der Waals surface area contributed by atoms with E-state index in [4.69, 9.17) is 0 Å². The fourth-order valence-corrected chi connectivity index (χ4v) is 1.36. The van der Waals surface area contributed by atoms with Gasteiger partial charge >= 0.3 is 0 Å². The Hall–Kier alpha value is -1.45. The van der Waals surface area contributed by atoms with Crippen LogP contribution < -0.4 is 10.9 Å². The van der Waals surface area contributed by atoms with Gasteiger partial charge in [0.1, 0.15) is 0 Å². The van der Waals surface area contributed by atoms with Crippen molar-refractivity contribution in [3.8, 4) is 0 Å². The summed E-state index contributed by atoms with van der Waals surface area (Å²) in [5.74, 6) is 0. The molecule has 2 rings (SSSR count). The number of hydrogen-bond acceptors (Lipinski definition) is 4. The number of hydrazine groups is 1. The van der Waals surface area contributed by atoms with E-state index >= 15 is 0 Å². The molecule has 0 bridgehead atoms. The zero-order valence-corrected chi connectivity index (χ0v) is 7.20. The molecular formula is C8H12N4. The highest BCUT2D eigenvalue weighted by Crippen LogP contribution is 2.15. The Morgan fingerprint density at radius 3 is 3.17 bits per heavy atom. The third-order valence-corrected chi connectivity index (χ3v) is 1.96. The van der Waals surface area contributed by atoms with Crippen LogP contribution in [0.1, 0.15) is 13.8 Å². The molecule has 4 heteroatoms. The summed E-state index contributed by atoms with van der Waals surface area (Å²) in [6.45, 7) is 4.08. The zero-order valence-electron chi connectivity index (χ0n) is 7.20. The van der Waals surface area contributed by atoms with Crippen molar-refractivity contribution in [1.82, 2.24) is 15.9 Å². The second-order valence-corrected chi connectivity index (χ2v) is 2.99. The van der Waals surface area contributed by atoms with Gasteiger partial charge in [-0.15, -0.1) is 0 Å². The SMILES string of the molecule is CC1=CC2NN=CC=C(C)N2N1. The molecule has 0 aliphatic carbocycles. The van der Waals surface area contributed by atoms with Crippen molar-refractivity contribution in [3.05, 3.63) is 23.5 Å². The molecule has 0 aromatic carbocycles. The number of hydrogen-bond donors (Lipinski definition) is 2. The maximum Gasteiger partial charge on any atom is 0.154 e. The van der Waals surface area contributed by atoms with Crippen molar-refractivity contribution >= 4 is 6.21 Å². The maximum atomic E-state index is 4.02. The summed E-state index contributed by atoms with van der Waals surface area (Å²) in [5, 5.41) is 6.06. The first-order chi connectivity index (χ1) is 5.77. The summed E-state index contributed by atoms with van der Waals surface area (Å²) in [6, 6.07) is 0. The van der Waals surface area contributed by atoms with Crippen LogP contribution in [0.5, 0.6) is 0 Å². The highest BCUT2D eigenvalue weighted by Gasteiger charge is 2.22. The molecular weight excluding hydrogens is 152 g/mol. The fraction of sp³-hybridized carbons (Fsp3) is 0.375. The van der Waals surface area contributed by atoms with Gasteiger partial charge in [0.2, 0.25) is 0 Å². The van der Waals surface area contributed by atoms with Crippen LogP contribution in [0.25, 0.3) is 0 Å². The highest BCUT2D eigenvalue weighted by atomic mass is 15.6. The molecule has 2 aliphatic heterocycles. The normalized spacial score (nSPS) is 26.5. The van der Waals surface area contributed by atoms with E-state index in [0.717, 1.165) is 11.4 Å². The van der Waals surface area contributed by atoms with E-state index in [9.17, 15) is 0 Å². The number of allylic oxidation sites excluding steroid dienone is 3. The van der Waals surface area contributed by atoms with Gasteiger partial charge < -0.3 is 5.43 Å². The van der Waals surface area contributed by atoms with Crippen molar-refractivity contribution < 1.29 is 0 Å². The molecule has 2 N–H and O–H groups in total. The number of fused-ring (bicyclic) bond motifs is 1. The van der Waals surface area contributed by atoms with E-state index in [0.29, 0.717) is 0 Å². The average molecular weight is 164 g/mol. The molecule has 1 atom stereocenters. The number of rotatable bonds is 0. The van der Waals surface area contributed by atoms with Crippen molar-refractivity contribution in [2.75, 3.05) is 0 Å². The van der Waals surface area contributed by atoms with Crippen LogP contribution in [-0.4, -0.2) is 17.4 Å². The summed E-state index contributed by atoms with van der Waals surface area (Å²) in [7, 11) is 0. The van der Waals surface area contributed by atoms with Crippen LogP contribution in [-0.2, 0) is 0 Å². The van der Waals surface area contributed by atoms with Crippen molar-refractivity contribution in [3.63, 3.8) is 0 Å². The lowest BCUT2D eigenvalue weighted by atomic mass is 10.4. The summed E-state index contributed by atoms with van der Waals surface area (Å²) in [5.41, 5.74) is 8.54. The standard InChI is InChI=1S/C8H12N4/c1-6-5-8-10-9-4-3-7(2)12(8)11-6/h3-5,8,10-11H,1-2H3. The third-order valence-electron chi connectivity index (χ3n) is 1.96. The van der Waals surface area contributed by atoms with Gasteiger partial charge in [0.15, 0.2) is 6.17 Å². The summed E-state index contributed by atoms with van der Waals surface area (Å²) in [4.78, 5) is 0. The number of nitrogens with zero attached hydrogens (tertiary/aromatic N) is 2. The largest absolute Gasteiger partial charge is 0.301 e.